The van der Waals surface area contributed by atoms with Crippen LogP contribution in [0.15, 0.2) is 237 Å². The first-order valence-corrected chi connectivity index (χ1v) is 30.4. The lowest BCUT2D eigenvalue weighted by Crippen LogP contribution is -2.40. The van der Waals surface area contributed by atoms with Gasteiger partial charge in [0.1, 0.15) is 17.2 Å². The average Bonchev–Trinajstić information content (AvgIpc) is 0.754. The second-order valence-electron chi connectivity index (χ2n) is 22.8. The van der Waals surface area contributed by atoms with E-state index in [1.165, 1.54) is 14.7 Å². The first-order valence-electron chi connectivity index (χ1n) is 30.4. The number of hydrogen-bond acceptors (Lipinski definition) is 10. The first kappa shape index (κ1) is 57.7. The van der Waals surface area contributed by atoms with Crippen LogP contribution in [0.5, 0.6) is 17.2 Å². The molecule has 0 saturated carbocycles. The molecule has 0 spiro atoms. The summed E-state index contributed by atoms with van der Waals surface area (Å²) in [4.78, 5) is 90.0. The topological polar surface area (TPSA) is 143 Å². The molecular weight excluding hydrogens is 1170 g/mol. The molecule has 12 aromatic carbocycles. The van der Waals surface area contributed by atoms with Crippen molar-refractivity contribution in [2.24, 2.45) is 0 Å². The summed E-state index contributed by atoms with van der Waals surface area (Å²) in [6, 6.07) is 73.0. The molecule has 94 heavy (non-hydrogen) atoms. The predicted octanol–water partition coefficient (Wildman–Crippen LogP) is 17.6. The Kier molecular flexibility index (Phi) is 14.5. The number of carbonyl (C=O) groups is 6. The third-order valence-corrected chi connectivity index (χ3v) is 17.6. The van der Waals surface area contributed by atoms with Gasteiger partial charge in [0.25, 0.3) is 35.4 Å². The monoisotopic (exact) mass is 1230 g/mol. The van der Waals surface area contributed by atoms with E-state index >= 15 is 0 Å². The molecule has 6 amide bonds. The van der Waals surface area contributed by atoms with Gasteiger partial charge in [-0.1, -0.05) is 127 Å². The number of carbonyl (C=O) groups excluding carboxylic acids is 6. The molecule has 12 aromatic rings. The number of methoxy groups -OCH3 is 3. The molecule has 15 rings (SSSR count). The van der Waals surface area contributed by atoms with E-state index in [-0.39, 0.29) is 0 Å². The molecule has 0 bridgehead atoms. The van der Waals surface area contributed by atoms with E-state index in [2.05, 4.69) is 41.3 Å². The van der Waals surface area contributed by atoms with Crippen molar-refractivity contribution in [3.05, 3.63) is 303 Å². The van der Waals surface area contributed by atoms with Crippen LogP contribution in [0.2, 0.25) is 0 Å². The van der Waals surface area contributed by atoms with Gasteiger partial charge in [0.05, 0.1) is 38.4 Å². The van der Waals surface area contributed by atoms with E-state index < -0.39 is 35.4 Å². The second kappa shape index (κ2) is 23.6. The van der Waals surface area contributed by atoms with E-state index in [4.69, 9.17) is 14.2 Å². The standard InChI is InChI=1S/C81H54N4O9/c1-92-61-40-34-58(35-41-61)83-76(86)67-10-4-7-64-52(25-46-70(73(64)67)79(83)89)22-13-49-16-28-55(29-17-49)82(56-30-18-50(19-31-56)14-23-53-26-47-71-74-65(53)8-5-11-68(74)77(87)84(80(71)90)59-36-42-62(93-2)43-37-59)57-32-20-51(21-33-57)15-24-54-27-48-72-75-66(54)9-6-12-69(75)78(88)85(81(72)91)60-38-44-63(94-3)45-39-60/h4-48H,1-3H3/b22-13+,23-14+,24-15+. The molecule has 0 N–H and O–H groups in total. The molecule has 0 unspecified atom stereocenters. The first-order chi connectivity index (χ1) is 46.0. The molecule has 452 valence electrons. The molecule has 0 saturated heterocycles. The molecule has 0 atom stereocenters. The fourth-order valence-electron chi connectivity index (χ4n) is 12.9. The molecular formula is C81H54N4O9. The minimum atomic E-state index is -0.393. The van der Waals surface area contributed by atoms with E-state index in [9.17, 15) is 28.8 Å². The van der Waals surface area contributed by atoms with Crippen LogP contribution >= 0.6 is 0 Å². The van der Waals surface area contributed by atoms with Crippen molar-refractivity contribution in [2.45, 2.75) is 0 Å². The summed E-state index contributed by atoms with van der Waals surface area (Å²) in [7, 11) is 4.69. The molecule has 13 heteroatoms. The second-order valence-corrected chi connectivity index (χ2v) is 22.8. The fraction of sp³-hybridized carbons (Fsp3) is 0.0370. The maximum absolute atomic E-state index is 14.0. The molecule has 0 aliphatic carbocycles. The SMILES string of the molecule is COc1ccc(N2C(=O)c3cccc4c(/C=C/c5ccc(N(c6ccc(/C=C/c7ccc8c9c(cccc79)C(=O)N(c7ccc(OC)cc7)C8=O)cc6)c6ccc(/C=C/c7ccc8c9c(cccc79)C(=O)N(c7ccc(OC)cc7)C8=O)cc6)cc5)ccc(c34)C2=O)cc1. The van der Waals surface area contributed by atoms with Gasteiger partial charge in [-0.3, -0.25) is 28.8 Å². The summed E-state index contributed by atoms with van der Waals surface area (Å²) in [5.41, 5.74) is 12.1. The Morgan fingerprint density at radius 3 is 0.755 bits per heavy atom. The number of anilines is 6. The summed E-state index contributed by atoms with van der Waals surface area (Å²) in [5, 5.41) is 4.23. The Morgan fingerprint density at radius 2 is 0.511 bits per heavy atom. The highest BCUT2D eigenvalue weighted by atomic mass is 16.5. The number of benzene rings is 12. The lowest BCUT2D eigenvalue weighted by Gasteiger charge is -2.27. The molecule has 3 heterocycles. The lowest BCUT2D eigenvalue weighted by molar-refractivity contribution is 0.0877. The van der Waals surface area contributed by atoms with Crippen LogP contribution in [0.25, 0.3) is 68.8 Å². The molecule has 3 aliphatic rings. The van der Waals surface area contributed by atoms with Gasteiger partial charge in [-0.05, 0) is 195 Å². The van der Waals surface area contributed by atoms with Crippen molar-refractivity contribution in [3.8, 4) is 17.2 Å². The maximum Gasteiger partial charge on any atom is 0.265 e. The van der Waals surface area contributed by atoms with Crippen LogP contribution in [0.3, 0.4) is 0 Å². The van der Waals surface area contributed by atoms with Gasteiger partial charge in [-0.25, -0.2) is 14.7 Å². The number of nitrogens with zero attached hydrogens (tertiary/aromatic N) is 4. The fourth-order valence-corrected chi connectivity index (χ4v) is 12.9. The zero-order valence-corrected chi connectivity index (χ0v) is 50.9. The van der Waals surface area contributed by atoms with E-state index in [0.717, 1.165) is 66.6 Å². The number of hydrogen-bond donors (Lipinski definition) is 0. The van der Waals surface area contributed by atoms with Crippen molar-refractivity contribution in [1.82, 2.24) is 0 Å². The number of imide groups is 3. The maximum atomic E-state index is 14.0. The van der Waals surface area contributed by atoms with Crippen molar-refractivity contribution in [2.75, 3.05) is 40.9 Å². The van der Waals surface area contributed by atoms with Crippen LogP contribution in [0, 0.1) is 0 Å². The van der Waals surface area contributed by atoms with E-state index in [1.54, 1.807) is 131 Å². The van der Waals surface area contributed by atoms with Crippen LogP contribution < -0.4 is 33.8 Å². The number of amides is 6. The van der Waals surface area contributed by atoms with Gasteiger partial charge in [0.15, 0.2) is 0 Å². The third-order valence-electron chi connectivity index (χ3n) is 17.6. The Hall–Kier alpha value is -12.7. The van der Waals surface area contributed by atoms with Gasteiger partial charge in [-0.2, -0.15) is 0 Å². The Morgan fingerprint density at radius 1 is 0.266 bits per heavy atom. The van der Waals surface area contributed by atoms with Gasteiger partial charge in [-0.15, -0.1) is 0 Å². The van der Waals surface area contributed by atoms with Gasteiger partial charge >= 0.3 is 0 Å². The largest absolute Gasteiger partial charge is 0.497 e. The van der Waals surface area contributed by atoms with Crippen LogP contribution in [-0.4, -0.2) is 56.8 Å². The number of ether oxygens (including phenoxy) is 3. The predicted molar refractivity (Wildman–Crippen MR) is 372 cm³/mol. The van der Waals surface area contributed by atoms with Crippen LogP contribution in [0.1, 0.15) is 95.5 Å². The molecule has 3 aliphatic heterocycles. The smallest absolute Gasteiger partial charge is 0.265 e. The Bertz CT molecular complexity index is 4660. The highest BCUT2D eigenvalue weighted by molar-refractivity contribution is 6.38. The van der Waals surface area contributed by atoms with Gasteiger partial charge < -0.3 is 19.1 Å². The van der Waals surface area contributed by atoms with Crippen molar-refractivity contribution in [3.63, 3.8) is 0 Å². The molecule has 0 aromatic heterocycles. The van der Waals surface area contributed by atoms with E-state index in [0.29, 0.717) is 83.9 Å². The summed E-state index contributed by atoms with van der Waals surface area (Å²) < 4.78 is 15.9. The van der Waals surface area contributed by atoms with Crippen LogP contribution in [-0.2, 0) is 0 Å². The normalized spacial score (nSPS) is 13.6. The Balaban J connectivity index is 0.726. The highest BCUT2D eigenvalue weighted by Crippen LogP contribution is 2.41. The average molecular weight is 1230 g/mol. The number of rotatable bonds is 15. The zero-order valence-electron chi connectivity index (χ0n) is 50.9. The van der Waals surface area contributed by atoms with Crippen molar-refractivity contribution >= 4 is 138 Å². The third kappa shape index (κ3) is 9.92. The highest BCUT2D eigenvalue weighted by Gasteiger charge is 2.37. The lowest BCUT2D eigenvalue weighted by atomic mass is 9.90. The van der Waals surface area contributed by atoms with Crippen molar-refractivity contribution in [1.29, 1.82) is 0 Å². The molecule has 0 fully saturated rings. The molecule has 13 nitrogen and oxygen atoms in total. The van der Waals surface area contributed by atoms with E-state index in [1.807, 2.05) is 127 Å². The van der Waals surface area contributed by atoms with Gasteiger partial charge in [0, 0.05) is 66.6 Å². The zero-order chi connectivity index (χ0) is 64.3. The van der Waals surface area contributed by atoms with Gasteiger partial charge in [0.2, 0.25) is 0 Å². The summed E-state index contributed by atoms with van der Waals surface area (Å²) in [6.45, 7) is 0. The quantitative estimate of drug-likeness (QED) is 0.0719. The Labute approximate surface area is 540 Å². The molecule has 0 radical (unpaired) electrons. The minimum absolute atomic E-state index is 0.393. The summed E-state index contributed by atoms with van der Waals surface area (Å²) in [5.74, 6) is -0.503. The minimum Gasteiger partial charge on any atom is -0.497 e. The summed E-state index contributed by atoms with van der Waals surface area (Å²) in [6.07, 6.45) is 12.1. The van der Waals surface area contributed by atoms with Crippen LogP contribution in [0.4, 0.5) is 34.1 Å². The van der Waals surface area contributed by atoms with Crippen molar-refractivity contribution < 1.29 is 43.0 Å². The summed E-state index contributed by atoms with van der Waals surface area (Å²) >= 11 is 0.